The molecule has 3 N–H and O–H groups in total. The summed E-state index contributed by atoms with van der Waals surface area (Å²) in [5.74, 6) is 0. The number of hydrogen-bond acceptors (Lipinski definition) is 2. The Balaban J connectivity index is 3.02. The van der Waals surface area contributed by atoms with Gasteiger partial charge < -0.3 is 11.1 Å². The van der Waals surface area contributed by atoms with E-state index in [1.54, 1.807) is 0 Å². The third-order valence-electron chi connectivity index (χ3n) is 2.61. The van der Waals surface area contributed by atoms with E-state index in [-0.39, 0.29) is 0 Å². The molecule has 0 saturated heterocycles. The van der Waals surface area contributed by atoms with Gasteiger partial charge in [0.1, 0.15) is 0 Å². The Morgan fingerprint density at radius 3 is 2.43 bits per heavy atom. The zero-order valence-corrected chi connectivity index (χ0v) is 10.0. The van der Waals surface area contributed by atoms with E-state index >= 15 is 0 Å². The van der Waals surface area contributed by atoms with E-state index in [4.69, 9.17) is 5.73 Å². The van der Waals surface area contributed by atoms with Crippen LogP contribution in [0.4, 0.5) is 0 Å². The normalized spacial score (nSPS) is 13.1. The molecular formula is C12H28N2. The summed E-state index contributed by atoms with van der Waals surface area (Å²) in [5, 5.41) is 3.56. The Bertz CT molecular complexity index is 104. The Kier molecular flexibility index (Phi) is 10.9. The van der Waals surface area contributed by atoms with Crippen molar-refractivity contribution >= 4 is 0 Å². The first-order valence-corrected chi connectivity index (χ1v) is 6.24. The minimum atomic E-state index is 0.699. The van der Waals surface area contributed by atoms with E-state index in [0.29, 0.717) is 6.04 Å². The van der Waals surface area contributed by atoms with Crippen LogP contribution in [-0.4, -0.2) is 19.1 Å². The van der Waals surface area contributed by atoms with Crippen molar-refractivity contribution in [1.82, 2.24) is 5.32 Å². The molecule has 0 spiro atoms. The highest BCUT2D eigenvalue weighted by Crippen LogP contribution is 2.01. The van der Waals surface area contributed by atoms with Gasteiger partial charge in [-0.05, 0) is 39.3 Å². The van der Waals surface area contributed by atoms with Gasteiger partial charge in [0.25, 0.3) is 0 Å². The molecule has 0 aromatic heterocycles. The quantitative estimate of drug-likeness (QED) is 0.532. The third kappa shape index (κ3) is 10.0. The van der Waals surface area contributed by atoms with Crippen molar-refractivity contribution in [3.05, 3.63) is 0 Å². The summed E-state index contributed by atoms with van der Waals surface area (Å²) in [6.45, 7) is 6.56. The monoisotopic (exact) mass is 200 g/mol. The Morgan fingerprint density at radius 2 is 1.79 bits per heavy atom. The summed E-state index contributed by atoms with van der Waals surface area (Å²) < 4.78 is 0. The van der Waals surface area contributed by atoms with E-state index in [1.807, 2.05) is 0 Å². The second-order valence-corrected chi connectivity index (χ2v) is 4.20. The van der Waals surface area contributed by atoms with Gasteiger partial charge >= 0.3 is 0 Å². The average Bonchev–Trinajstić information content (AvgIpc) is 2.20. The molecular weight excluding hydrogens is 172 g/mol. The summed E-state index contributed by atoms with van der Waals surface area (Å²) >= 11 is 0. The summed E-state index contributed by atoms with van der Waals surface area (Å²) in [7, 11) is 0. The van der Waals surface area contributed by atoms with Gasteiger partial charge in [-0.15, -0.1) is 0 Å². The molecule has 0 bridgehead atoms. The number of rotatable bonds is 10. The Hall–Kier alpha value is -0.0800. The molecule has 0 aliphatic rings. The maximum atomic E-state index is 5.43. The Labute approximate surface area is 89.6 Å². The van der Waals surface area contributed by atoms with Crippen molar-refractivity contribution in [2.45, 2.75) is 64.8 Å². The van der Waals surface area contributed by atoms with Crippen molar-refractivity contribution in [3.63, 3.8) is 0 Å². The van der Waals surface area contributed by atoms with Gasteiger partial charge in [-0.25, -0.2) is 0 Å². The molecule has 0 amide bonds. The zero-order chi connectivity index (χ0) is 10.6. The molecule has 2 nitrogen and oxygen atoms in total. The van der Waals surface area contributed by atoms with Crippen LogP contribution in [-0.2, 0) is 0 Å². The van der Waals surface area contributed by atoms with E-state index < -0.39 is 0 Å². The van der Waals surface area contributed by atoms with Crippen molar-refractivity contribution < 1.29 is 0 Å². The lowest BCUT2D eigenvalue weighted by Gasteiger charge is -2.12. The van der Waals surface area contributed by atoms with Crippen molar-refractivity contribution in [2.24, 2.45) is 5.73 Å². The van der Waals surface area contributed by atoms with Crippen molar-refractivity contribution in [2.75, 3.05) is 13.1 Å². The molecule has 86 valence electrons. The highest BCUT2D eigenvalue weighted by Gasteiger charge is 1.98. The van der Waals surface area contributed by atoms with Gasteiger partial charge in [0.15, 0.2) is 0 Å². The summed E-state index contributed by atoms with van der Waals surface area (Å²) in [5.41, 5.74) is 5.43. The van der Waals surface area contributed by atoms with Crippen LogP contribution in [0.15, 0.2) is 0 Å². The van der Waals surface area contributed by atoms with Crippen LogP contribution in [0.5, 0.6) is 0 Å². The topological polar surface area (TPSA) is 38.0 Å². The lowest BCUT2D eigenvalue weighted by atomic mass is 10.1. The minimum Gasteiger partial charge on any atom is -0.330 e. The first-order valence-electron chi connectivity index (χ1n) is 6.24. The van der Waals surface area contributed by atoms with Crippen LogP contribution in [0.25, 0.3) is 0 Å². The second kappa shape index (κ2) is 11.0. The van der Waals surface area contributed by atoms with Crippen LogP contribution in [0.1, 0.15) is 58.8 Å². The number of hydrogen-bond donors (Lipinski definition) is 2. The van der Waals surface area contributed by atoms with Crippen LogP contribution in [0.3, 0.4) is 0 Å². The molecule has 14 heavy (non-hydrogen) atoms. The maximum absolute atomic E-state index is 5.43. The standard InChI is InChI=1S/C12H28N2/c1-3-4-9-12(2)14-11-8-6-5-7-10-13/h12,14H,3-11,13H2,1-2H3. The fraction of sp³-hybridized carbons (Fsp3) is 1.00. The van der Waals surface area contributed by atoms with Gasteiger partial charge in [0.05, 0.1) is 0 Å². The van der Waals surface area contributed by atoms with E-state index in [0.717, 1.165) is 6.54 Å². The lowest BCUT2D eigenvalue weighted by molar-refractivity contribution is 0.479. The smallest absolute Gasteiger partial charge is 0.00387 e. The largest absolute Gasteiger partial charge is 0.330 e. The van der Waals surface area contributed by atoms with Crippen molar-refractivity contribution in [3.8, 4) is 0 Å². The predicted molar refractivity (Wildman–Crippen MR) is 64.5 cm³/mol. The molecule has 0 heterocycles. The van der Waals surface area contributed by atoms with Crippen molar-refractivity contribution in [1.29, 1.82) is 0 Å². The fourth-order valence-electron chi connectivity index (χ4n) is 1.58. The summed E-state index contributed by atoms with van der Waals surface area (Å²) in [6, 6.07) is 0.699. The Morgan fingerprint density at radius 1 is 1.07 bits per heavy atom. The average molecular weight is 200 g/mol. The minimum absolute atomic E-state index is 0.699. The lowest BCUT2D eigenvalue weighted by Crippen LogP contribution is -2.26. The van der Waals surface area contributed by atoms with Gasteiger partial charge in [0, 0.05) is 6.04 Å². The van der Waals surface area contributed by atoms with E-state index in [2.05, 4.69) is 19.2 Å². The molecule has 0 rings (SSSR count). The summed E-state index contributed by atoms with van der Waals surface area (Å²) in [4.78, 5) is 0. The first kappa shape index (κ1) is 13.9. The first-order chi connectivity index (χ1) is 6.81. The molecule has 2 heteroatoms. The molecule has 0 fully saturated rings. The molecule has 0 saturated carbocycles. The van der Waals surface area contributed by atoms with Gasteiger partial charge in [-0.2, -0.15) is 0 Å². The molecule has 0 radical (unpaired) electrons. The third-order valence-corrected chi connectivity index (χ3v) is 2.61. The van der Waals surface area contributed by atoms with Gasteiger partial charge in [0.2, 0.25) is 0 Å². The van der Waals surface area contributed by atoms with Crippen LogP contribution in [0, 0.1) is 0 Å². The zero-order valence-electron chi connectivity index (χ0n) is 10.0. The highest BCUT2D eigenvalue weighted by molar-refractivity contribution is 4.60. The van der Waals surface area contributed by atoms with Gasteiger partial charge in [-0.1, -0.05) is 32.6 Å². The molecule has 1 atom stereocenters. The van der Waals surface area contributed by atoms with E-state index in [9.17, 15) is 0 Å². The highest BCUT2D eigenvalue weighted by atomic mass is 14.9. The van der Waals surface area contributed by atoms with Crippen LogP contribution in [0.2, 0.25) is 0 Å². The number of unbranched alkanes of at least 4 members (excludes halogenated alkanes) is 4. The predicted octanol–water partition coefficient (Wildman–Crippen LogP) is 2.67. The second-order valence-electron chi connectivity index (χ2n) is 4.20. The molecule has 0 aliphatic heterocycles. The summed E-state index contributed by atoms with van der Waals surface area (Å²) in [6.07, 6.45) is 9.08. The number of nitrogens with two attached hydrogens (primary N) is 1. The van der Waals surface area contributed by atoms with E-state index in [1.165, 1.54) is 51.5 Å². The van der Waals surface area contributed by atoms with Crippen LogP contribution >= 0.6 is 0 Å². The van der Waals surface area contributed by atoms with Crippen LogP contribution < -0.4 is 11.1 Å². The molecule has 0 aliphatic carbocycles. The number of nitrogens with one attached hydrogen (secondary N) is 1. The molecule has 1 unspecified atom stereocenters. The molecule has 0 aromatic carbocycles. The SMILES string of the molecule is CCCCC(C)NCCCCCCN. The molecule has 0 aromatic rings. The fourth-order valence-corrected chi connectivity index (χ4v) is 1.58. The van der Waals surface area contributed by atoms with Gasteiger partial charge in [-0.3, -0.25) is 0 Å². The maximum Gasteiger partial charge on any atom is 0.00387 e.